The Bertz CT molecular complexity index is 1280. The summed E-state index contributed by atoms with van der Waals surface area (Å²) in [5.74, 6) is 0.00251. The summed E-state index contributed by atoms with van der Waals surface area (Å²) in [6, 6.07) is 15.0. The molecular weight excluding hydrogens is 513 g/mol. The van der Waals surface area contributed by atoms with Crippen LogP contribution >= 0.6 is 11.6 Å². The van der Waals surface area contributed by atoms with Crippen LogP contribution in [0.15, 0.2) is 54.7 Å². The lowest BCUT2D eigenvalue weighted by Crippen LogP contribution is -2.46. The summed E-state index contributed by atoms with van der Waals surface area (Å²) in [7, 11) is 0. The second-order valence-corrected chi connectivity index (χ2v) is 11.9. The molecular formula is C31H37ClFN5O. The zero-order valence-electron chi connectivity index (χ0n) is 22.6. The van der Waals surface area contributed by atoms with Crippen molar-refractivity contribution in [3.63, 3.8) is 0 Å². The molecule has 1 heterocycles. The fourth-order valence-corrected chi connectivity index (χ4v) is 6.91. The fraction of sp³-hybridized carbons (Fsp3) is 0.484. The Morgan fingerprint density at radius 2 is 2.15 bits per heavy atom. The van der Waals surface area contributed by atoms with E-state index in [0.29, 0.717) is 29.8 Å². The molecule has 206 valence electrons. The highest BCUT2D eigenvalue weighted by molar-refractivity contribution is 6.31. The first-order chi connectivity index (χ1) is 18.8. The Kier molecular flexibility index (Phi) is 8.16. The maximum absolute atomic E-state index is 13.7. The molecule has 3 unspecified atom stereocenters. The van der Waals surface area contributed by atoms with Gasteiger partial charge in [-0.2, -0.15) is 5.26 Å². The lowest BCUT2D eigenvalue weighted by atomic mass is 9.80. The highest BCUT2D eigenvalue weighted by Crippen LogP contribution is 2.62. The zero-order valence-corrected chi connectivity index (χ0v) is 23.3. The third-order valence-electron chi connectivity index (χ3n) is 8.75. The number of hydrogen-bond acceptors (Lipinski definition) is 4. The fourth-order valence-electron chi connectivity index (χ4n) is 6.73. The van der Waals surface area contributed by atoms with E-state index in [1.807, 2.05) is 30.0 Å². The standard InChI is InChI=1S/C31H37ClFN5O/c1-21(2)35-26-10-14-37(20-26)12-4-13-38(30(39)36-25-7-8-29(33)28(32)17-25)27-9-11-31(18-24(31)16-27)23-6-3-5-22(15-23)19-34/h3,5-8,15,17,24,26-27,35H,1,4,9-14,16,18,20H2,2H3,(H,36,39)/t24?,26?,27?,31-/m1/s1. The third kappa shape index (κ3) is 6.23. The summed E-state index contributed by atoms with van der Waals surface area (Å²) in [5.41, 5.74) is 3.59. The summed E-state index contributed by atoms with van der Waals surface area (Å²) in [4.78, 5) is 18.0. The molecule has 3 aliphatic rings. The normalized spacial score (nSPS) is 25.8. The van der Waals surface area contributed by atoms with Gasteiger partial charge < -0.3 is 20.4 Å². The summed E-state index contributed by atoms with van der Waals surface area (Å²) in [6.45, 7) is 9.58. The molecule has 0 spiro atoms. The van der Waals surface area contributed by atoms with Crippen LogP contribution in [0, 0.1) is 23.1 Å². The number of benzene rings is 2. The van der Waals surface area contributed by atoms with E-state index in [1.165, 1.54) is 17.7 Å². The highest BCUT2D eigenvalue weighted by Gasteiger charge is 2.58. The molecule has 2 aromatic rings. The van der Waals surface area contributed by atoms with Gasteiger partial charge in [0.05, 0.1) is 16.7 Å². The van der Waals surface area contributed by atoms with E-state index < -0.39 is 5.82 Å². The molecule has 6 nitrogen and oxygen atoms in total. The number of fused-ring (bicyclic) bond motifs is 1. The third-order valence-corrected chi connectivity index (χ3v) is 9.04. The maximum Gasteiger partial charge on any atom is 0.322 e. The van der Waals surface area contributed by atoms with E-state index in [2.05, 4.69) is 34.2 Å². The second-order valence-electron chi connectivity index (χ2n) is 11.5. The van der Waals surface area contributed by atoms with Crippen molar-refractivity contribution in [2.75, 3.05) is 31.5 Å². The van der Waals surface area contributed by atoms with E-state index in [4.69, 9.17) is 11.6 Å². The molecule has 0 bridgehead atoms. The summed E-state index contributed by atoms with van der Waals surface area (Å²) in [6.07, 6.45) is 5.95. The number of carbonyl (C=O) groups excluding carboxylic acids is 1. The zero-order chi connectivity index (χ0) is 27.6. The highest BCUT2D eigenvalue weighted by atomic mass is 35.5. The van der Waals surface area contributed by atoms with Crippen LogP contribution in [0.4, 0.5) is 14.9 Å². The van der Waals surface area contributed by atoms with Crippen molar-refractivity contribution in [2.45, 2.75) is 62.9 Å². The Balaban J connectivity index is 1.24. The largest absolute Gasteiger partial charge is 0.385 e. The number of likely N-dealkylation sites (tertiary alicyclic amines) is 1. The molecule has 8 heteroatoms. The predicted octanol–water partition coefficient (Wildman–Crippen LogP) is 6.28. The number of urea groups is 1. The second kappa shape index (κ2) is 11.6. The van der Waals surface area contributed by atoms with Crippen LogP contribution in [0.3, 0.4) is 0 Å². The van der Waals surface area contributed by atoms with Gasteiger partial charge in [0.2, 0.25) is 0 Å². The molecule has 2 N–H and O–H groups in total. The molecule has 4 atom stereocenters. The van der Waals surface area contributed by atoms with Crippen LogP contribution < -0.4 is 10.6 Å². The minimum atomic E-state index is -0.505. The molecule has 2 aromatic carbocycles. The number of nitrogens with zero attached hydrogens (tertiary/aromatic N) is 3. The van der Waals surface area contributed by atoms with Crippen molar-refractivity contribution in [2.24, 2.45) is 5.92 Å². The van der Waals surface area contributed by atoms with Crippen LogP contribution in [0.25, 0.3) is 0 Å². The lowest BCUT2D eigenvalue weighted by molar-refractivity contribution is 0.155. The number of halogens is 2. The van der Waals surface area contributed by atoms with Gasteiger partial charge in [-0.1, -0.05) is 30.3 Å². The molecule has 5 rings (SSSR count). The van der Waals surface area contributed by atoms with E-state index in [0.717, 1.165) is 63.9 Å². The molecule has 1 aliphatic heterocycles. The van der Waals surface area contributed by atoms with Gasteiger partial charge in [-0.25, -0.2) is 9.18 Å². The van der Waals surface area contributed by atoms with Crippen molar-refractivity contribution < 1.29 is 9.18 Å². The molecule has 39 heavy (non-hydrogen) atoms. The van der Waals surface area contributed by atoms with Crippen molar-refractivity contribution in [1.29, 1.82) is 5.26 Å². The number of hydrogen-bond donors (Lipinski definition) is 2. The number of anilines is 1. The molecule has 2 saturated carbocycles. The minimum absolute atomic E-state index is 0.00802. The van der Waals surface area contributed by atoms with Gasteiger partial charge in [-0.05, 0) is 99.2 Å². The smallest absolute Gasteiger partial charge is 0.322 e. The topological polar surface area (TPSA) is 71.4 Å². The molecule has 2 aliphatic carbocycles. The Morgan fingerprint density at radius 1 is 1.31 bits per heavy atom. The Hall–Kier alpha value is -3.08. The summed E-state index contributed by atoms with van der Waals surface area (Å²) >= 11 is 5.97. The van der Waals surface area contributed by atoms with Crippen molar-refractivity contribution in [3.05, 3.63) is 76.7 Å². The van der Waals surface area contributed by atoms with Crippen molar-refractivity contribution in [3.8, 4) is 6.07 Å². The summed E-state index contributed by atoms with van der Waals surface area (Å²) < 4.78 is 13.7. The predicted molar refractivity (Wildman–Crippen MR) is 153 cm³/mol. The minimum Gasteiger partial charge on any atom is -0.385 e. The number of carbonyl (C=O) groups is 1. The van der Waals surface area contributed by atoms with Crippen LogP contribution in [0.2, 0.25) is 5.02 Å². The number of amides is 2. The van der Waals surface area contributed by atoms with Crippen molar-refractivity contribution in [1.82, 2.24) is 15.1 Å². The van der Waals surface area contributed by atoms with E-state index in [-0.39, 0.29) is 22.5 Å². The number of nitrogens with one attached hydrogen (secondary N) is 2. The molecule has 0 aromatic heterocycles. The van der Waals surface area contributed by atoms with Gasteiger partial charge in [-0.15, -0.1) is 0 Å². The molecule has 3 fully saturated rings. The van der Waals surface area contributed by atoms with E-state index in [9.17, 15) is 14.4 Å². The van der Waals surface area contributed by atoms with Crippen LogP contribution in [-0.4, -0.2) is 54.1 Å². The number of allylic oxidation sites excluding steroid dienone is 1. The van der Waals surface area contributed by atoms with Gasteiger partial charge in [0, 0.05) is 43.1 Å². The number of nitriles is 1. The van der Waals surface area contributed by atoms with Gasteiger partial charge in [0.1, 0.15) is 5.82 Å². The van der Waals surface area contributed by atoms with Crippen LogP contribution in [0.1, 0.15) is 56.6 Å². The van der Waals surface area contributed by atoms with E-state index in [1.54, 1.807) is 6.07 Å². The first kappa shape index (κ1) is 27.5. The maximum atomic E-state index is 13.7. The van der Waals surface area contributed by atoms with Gasteiger partial charge in [-0.3, -0.25) is 0 Å². The first-order valence-corrected chi connectivity index (χ1v) is 14.3. The van der Waals surface area contributed by atoms with Gasteiger partial charge >= 0.3 is 6.03 Å². The van der Waals surface area contributed by atoms with Crippen LogP contribution in [-0.2, 0) is 5.41 Å². The number of rotatable bonds is 9. The molecule has 1 saturated heterocycles. The van der Waals surface area contributed by atoms with E-state index >= 15 is 0 Å². The van der Waals surface area contributed by atoms with Gasteiger partial charge in [0.25, 0.3) is 0 Å². The van der Waals surface area contributed by atoms with Gasteiger partial charge in [0.15, 0.2) is 0 Å². The average Bonchev–Trinajstić information content (AvgIpc) is 3.51. The lowest BCUT2D eigenvalue weighted by Gasteiger charge is -2.37. The molecule has 2 amide bonds. The average molecular weight is 550 g/mol. The monoisotopic (exact) mass is 549 g/mol. The Labute approximate surface area is 235 Å². The Morgan fingerprint density at radius 3 is 2.90 bits per heavy atom. The summed E-state index contributed by atoms with van der Waals surface area (Å²) in [5, 5.41) is 15.8. The SMILES string of the molecule is C=C(C)NC1CCN(CCCN(C(=O)Nc2ccc(F)c(Cl)c2)C2CC[C@]3(c4cccc(C#N)c4)CC3C2)C1. The van der Waals surface area contributed by atoms with Crippen LogP contribution in [0.5, 0.6) is 0 Å². The first-order valence-electron chi connectivity index (χ1n) is 13.9. The molecule has 0 radical (unpaired) electrons. The quantitative estimate of drug-likeness (QED) is 0.386. The van der Waals surface area contributed by atoms with Crippen molar-refractivity contribution >= 4 is 23.3 Å².